The molecular formula is C69H62N2S. The van der Waals surface area contributed by atoms with Gasteiger partial charge in [-0.05, 0) is 203 Å². The second-order valence-corrected chi connectivity index (χ2v) is 26.0. The Morgan fingerprint density at radius 3 is 1.54 bits per heavy atom. The molecule has 3 heteroatoms. The average molecular weight is 951 g/mol. The summed E-state index contributed by atoms with van der Waals surface area (Å²) in [6.07, 6.45) is 17.1. The third-order valence-electron chi connectivity index (χ3n) is 20.2. The molecule has 2 heterocycles. The number of benzene rings is 7. The van der Waals surface area contributed by atoms with Gasteiger partial charge in [0.05, 0.1) is 11.4 Å². The highest BCUT2D eigenvalue weighted by Crippen LogP contribution is 2.62. The maximum atomic E-state index is 5.69. The summed E-state index contributed by atoms with van der Waals surface area (Å²) in [6.45, 7) is 4.84. The van der Waals surface area contributed by atoms with Crippen LogP contribution in [0.5, 0.6) is 0 Å². The predicted molar refractivity (Wildman–Crippen MR) is 299 cm³/mol. The van der Waals surface area contributed by atoms with Gasteiger partial charge < -0.3 is 0 Å². The second kappa shape index (κ2) is 15.4. The number of thiophene rings is 1. The average Bonchev–Trinajstić information content (AvgIpc) is 3.89. The van der Waals surface area contributed by atoms with E-state index in [1.807, 2.05) is 11.3 Å². The minimum Gasteiger partial charge on any atom is -0.228 e. The lowest BCUT2D eigenvalue weighted by Gasteiger charge is -2.57. The molecule has 0 atom stereocenters. The van der Waals surface area contributed by atoms with Gasteiger partial charge in [-0.15, -0.1) is 11.3 Å². The van der Waals surface area contributed by atoms with Crippen molar-refractivity contribution < 1.29 is 0 Å². The fourth-order valence-corrected chi connectivity index (χ4v) is 19.1. The zero-order valence-corrected chi connectivity index (χ0v) is 42.6. The van der Waals surface area contributed by atoms with Crippen LogP contribution in [0.25, 0.3) is 87.5 Å². The van der Waals surface area contributed by atoms with Gasteiger partial charge in [-0.3, -0.25) is 0 Å². The van der Waals surface area contributed by atoms with E-state index in [9.17, 15) is 0 Å². The van der Waals surface area contributed by atoms with Gasteiger partial charge in [0.25, 0.3) is 0 Å². The molecule has 0 unspecified atom stereocenters. The van der Waals surface area contributed by atoms with E-state index in [1.165, 1.54) is 147 Å². The van der Waals surface area contributed by atoms with Crippen LogP contribution in [0.4, 0.5) is 0 Å². The van der Waals surface area contributed by atoms with Crippen LogP contribution in [0.2, 0.25) is 0 Å². The van der Waals surface area contributed by atoms with E-state index >= 15 is 0 Å². The Bertz CT molecular complexity index is 3590. The first-order chi connectivity index (χ1) is 35.2. The minimum atomic E-state index is -0.220. The fourth-order valence-electron chi connectivity index (χ4n) is 17.9. The van der Waals surface area contributed by atoms with E-state index in [2.05, 4.69) is 172 Å². The van der Waals surface area contributed by atoms with E-state index in [0.29, 0.717) is 10.8 Å². The fraction of sp³-hybridized carbons (Fsp3) is 0.333. The van der Waals surface area contributed by atoms with Gasteiger partial charge in [0, 0.05) is 42.3 Å². The molecule has 8 fully saturated rings. The van der Waals surface area contributed by atoms with Crippen LogP contribution in [0, 0.1) is 35.5 Å². The Hall–Kier alpha value is -6.16. The lowest BCUT2D eigenvalue weighted by Crippen LogP contribution is -2.48. The first kappa shape index (κ1) is 42.4. The molecule has 18 rings (SSSR count). The molecule has 0 saturated heterocycles. The highest BCUT2D eigenvalue weighted by Gasteiger charge is 2.53. The molecule has 8 bridgehead atoms. The number of fused-ring (bicyclic) bond motifs is 6. The largest absolute Gasteiger partial charge is 0.228 e. The molecule has 0 spiro atoms. The summed E-state index contributed by atoms with van der Waals surface area (Å²) >= 11 is 1.89. The Morgan fingerprint density at radius 1 is 0.403 bits per heavy atom. The van der Waals surface area contributed by atoms with Crippen molar-refractivity contribution in [2.75, 3.05) is 0 Å². The Kier molecular flexibility index (Phi) is 9.08. The maximum Gasteiger partial charge on any atom is 0.160 e. The zero-order valence-electron chi connectivity index (χ0n) is 41.8. The van der Waals surface area contributed by atoms with E-state index < -0.39 is 0 Å². The predicted octanol–water partition coefficient (Wildman–Crippen LogP) is 18.4. The molecule has 72 heavy (non-hydrogen) atoms. The van der Waals surface area contributed by atoms with Gasteiger partial charge in [-0.2, -0.15) is 0 Å². The standard InChI is InChI=1S/C69H62N2S/c1-67(2)60-12-5-3-8-55(60)58-32-51(47-18-22-52(23-19-47)68-35-41-26-42(36-68)28-43(27-41)37-68)33-59(64(58)67)62-34-61(49-16-14-48(15-17-49)54-10-7-11-57-56-9-4-6-13-63(56)72-65(54)57)70-66(71-62)50-20-24-53(25-21-50)69-38-44-29-45(39-69)31-46(30-44)40-69/h3-25,32-34,41-46H,26-31,35-40H2,1-2H3. The summed E-state index contributed by atoms with van der Waals surface area (Å²) in [6, 6.07) is 60.8. The monoisotopic (exact) mass is 950 g/mol. The highest BCUT2D eigenvalue weighted by molar-refractivity contribution is 7.26. The molecule has 0 radical (unpaired) electrons. The highest BCUT2D eigenvalue weighted by atomic mass is 32.1. The Labute approximate surface area is 429 Å². The SMILES string of the molecule is CC1(C)c2ccccc2-c2cc(-c3ccc(C45CC6CC(CC(C6)C4)C5)cc3)cc(-c3cc(-c4ccc(-c5cccc6c5sc5ccccc56)cc4)nc(-c4ccc(C56CC7CC(CC(C7)C5)C6)cc4)n3)c21. The van der Waals surface area contributed by atoms with E-state index in [0.717, 1.165) is 63.8 Å². The number of hydrogen-bond acceptors (Lipinski definition) is 3. The number of nitrogens with zero attached hydrogens (tertiary/aromatic N) is 2. The lowest BCUT2D eigenvalue weighted by atomic mass is 9.48. The van der Waals surface area contributed by atoms with Crippen molar-refractivity contribution >= 4 is 31.5 Å². The molecule has 0 amide bonds. The lowest BCUT2D eigenvalue weighted by molar-refractivity contribution is -0.00530. The van der Waals surface area contributed by atoms with E-state index in [1.54, 1.807) is 11.1 Å². The number of rotatable bonds is 7. The van der Waals surface area contributed by atoms with Gasteiger partial charge in [-0.1, -0.05) is 147 Å². The Balaban J connectivity index is 0.841. The van der Waals surface area contributed by atoms with Gasteiger partial charge in [0.2, 0.25) is 0 Å². The summed E-state index contributed by atoms with van der Waals surface area (Å²) in [5.74, 6) is 6.33. The molecule has 2 aromatic heterocycles. The molecular weight excluding hydrogens is 889 g/mol. The second-order valence-electron chi connectivity index (χ2n) is 25.0. The molecule has 9 aliphatic rings. The summed E-state index contributed by atoms with van der Waals surface area (Å²) in [5, 5.41) is 2.66. The van der Waals surface area contributed by atoms with Crippen LogP contribution in [-0.2, 0) is 16.2 Å². The molecule has 7 aromatic carbocycles. The van der Waals surface area contributed by atoms with E-state index in [4.69, 9.17) is 9.97 Å². The quantitative estimate of drug-likeness (QED) is 0.159. The van der Waals surface area contributed by atoms with Crippen molar-refractivity contribution in [3.05, 3.63) is 180 Å². The first-order valence-corrected chi connectivity index (χ1v) is 28.4. The van der Waals surface area contributed by atoms with Crippen LogP contribution >= 0.6 is 11.3 Å². The van der Waals surface area contributed by atoms with Crippen molar-refractivity contribution in [2.45, 2.75) is 107 Å². The van der Waals surface area contributed by atoms with Crippen molar-refractivity contribution in [1.29, 1.82) is 0 Å². The molecule has 0 N–H and O–H groups in total. The third kappa shape index (κ3) is 6.44. The minimum absolute atomic E-state index is 0.220. The summed E-state index contributed by atoms with van der Waals surface area (Å²) in [7, 11) is 0. The molecule has 8 saturated carbocycles. The third-order valence-corrected chi connectivity index (χ3v) is 21.4. The number of aromatic nitrogens is 2. The first-order valence-electron chi connectivity index (χ1n) is 27.6. The number of hydrogen-bond donors (Lipinski definition) is 0. The van der Waals surface area contributed by atoms with E-state index in [-0.39, 0.29) is 5.41 Å². The van der Waals surface area contributed by atoms with Crippen molar-refractivity contribution in [1.82, 2.24) is 9.97 Å². The van der Waals surface area contributed by atoms with Crippen LogP contribution in [0.1, 0.15) is 113 Å². The van der Waals surface area contributed by atoms with Crippen LogP contribution < -0.4 is 0 Å². The topological polar surface area (TPSA) is 25.8 Å². The molecule has 9 aliphatic carbocycles. The molecule has 354 valence electrons. The van der Waals surface area contributed by atoms with Crippen molar-refractivity contribution in [3.63, 3.8) is 0 Å². The van der Waals surface area contributed by atoms with Crippen molar-refractivity contribution in [3.8, 4) is 67.3 Å². The maximum absolute atomic E-state index is 5.69. The zero-order chi connectivity index (χ0) is 47.5. The van der Waals surface area contributed by atoms with Gasteiger partial charge in [0.1, 0.15) is 0 Å². The van der Waals surface area contributed by atoms with Gasteiger partial charge >= 0.3 is 0 Å². The van der Waals surface area contributed by atoms with Crippen LogP contribution in [0.3, 0.4) is 0 Å². The van der Waals surface area contributed by atoms with Crippen LogP contribution in [0.15, 0.2) is 158 Å². The summed E-state index contributed by atoms with van der Waals surface area (Å²) < 4.78 is 2.68. The van der Waals surface area contributed by atoms with Gasteiger partial charge in [-0.25, -0.2) is 9.97 Å². The Morgan fingerprint density at radius 2 is 0.903 bits per heavy atom. The van der Waals surface area contributed by atoms with Crippen LogP contribution in [-0.4, -0.2) is 9.97 Å². The van der Waals surface area contributed by atoms with Gasteiger partial charge in [0.15, 0.2) is 5.82 Å². The summed E-state index contributed by atoms with van der Waals surface area (Å²) in [5.41, 5.74) is 19.4. The summed E-state index contributed by atoms with van der Waals surface area (Å²) in [4.78, 5) is 11.2. The smallest absolute Gasteiger partial charge is 0.160 e. The normalized spacial score (nSPS) is 28.0. The molecule has 9 aromatic rings. The van der Waals surface area contributed by atoms with Crippen molar-refractivity contribution in [2.24, 2.45) is 35.5 Å². The molecule has 0 aliphatic heterocycles. The molecule has 2 nitrogen and oxygen atoms in total.